The molecule has 5 aromatic rings. The molecule has 0 N–H and O–H groups in total. The summed E-state index contributed by atoms with van der Waals surface area (Å²) in [6.07, 6.45) is 0. The molecule has 25 heavy (non-hydrogen) atoms. The average Bonchev–Trinajstić information content (AvgIpc) is 2.95. The molecule has 0 nitrogen and oxygen atoms in total. The van der Waals surface area contributed by atoms with Crippen LogP contribution in [-0.2, 0) is 0 Å². The van der Waals surface area contributed by atoms with Gasteiger partial charge in [0.2, 0.25) is 0 Å². The first-order chi connectivity index (χ1) is 12.2. The Bertz CT molecular complexity index is 1330. The zero-order chi connectivity index (χ0) is 16.7. The second-order valence-corrected chi connectivity index (χ2v) is 8.30. The third kappa shape index (κ3) is 1.69. The van der Waals surface area contributed by atoms with Crippen LogP contribution in [0.25, 0.3) is 53.2 Å². The second-order valence-electron chi connectivity index (χ2n) is 6.40. The molecule has 1 heterocycles. The fraction of sp³-hybridized carbons (Fsp3) is 0. The van der Waals surface area contributed by atoms with Crippen LogP contribution in [0.2, 0.25) is 10.0 Å². The Balaban J connectivity index is 2.08. The van der Waals surface area contributed by atoms with E-state index in [1.165, 1.54) is 42.1 Å². The van der Waals surface area contributed by atoms with Crippen molar-refractivity contribution in [2.75, 3.05) is 0 Å². The molecule has 0 saturated carbocycles. The van der Waals surface area contributed by atoms with Gasteiger partial charge in [0.05, 0.1) is 0 Å². The molecule has 1 aliphatic rings. The van der Waals surface area contributed by atoms with Gasteiger partial charge in [0.15, 0.2) is 0 Å². The molecule has 0 unspecified atom stereocenters. The number of fused-ring (bicyclic) bond motifs is 3. The monoisotopic (exact) mass is 376 g/mol. The van der Waals surface area contributed by atoms with E-state index in [1.807, 2.05) is 23.5 Å². The lowest BCUT2D eigenvalue weighted by molar-refractivity contribution is 1.64. The summed E-state index contributed by atoms with van der Waals surface area (Å²) in [6, 6.07) is 21.2. The predicted octanol–water partition coefficient (Wildman–Crippen LogP) is 8.16. The summed E-state index contributed by atoms with van der Waals surface area (Å²) in [7, 11) is 0. The first-order valence-electron chi connectivity index (χ1n) is 8.10. The average molecular weight is 377 g/mol. The molecule has 118 valence electrons. The van der Waals surface area contributed by atoms with E-state index in [4.69, 9.17) is 23.2 Å². The van der Waals surface area contributed by atoms with Crippen LogP contribution in [0.1, 0.15) is 0 Å². The molecule has 0 saturated heterocycles. The van der Waals surface area contributed by atoms with Crippen LogP contribution in [0.3, 0.4) is 0 Å². The van der Waals surface area contributed by atoms with Gasteiger partial charge in [-0.05, 0) is 46.2 Å². The Morgan fingerprint density at radius 3 is 1.96 bits per heavy atom. The number of hydrogen-bond acceptors (Lipinski definition) is 1. The fourth-order valence-electron chi connectivity index (χ4n) is 4.18. The summed E-state index contributed by atoms with van der Waals surface area (Å²) in [4.78, 5) is 0. The van der Waals surface area contributed by atoms with Gasteiger partial charge in [-0.25, -0.2) is 0 Å². The van der Waals surface area contributed by atoms with Crippen LogP contribution in [0.5, 0.6) is 0 Å². The zero-order valence-corrected chi connectivity index (χ0v) is 15.3. The van der Waals surface area contributed by atoms with Gasteiger partial charge in [-0.1, -0.05) is 59.6 Å². The van der Waals surface area contributed by atoms with Crippen molar-refractivity contribution in [3.05, 3.63) is 70.7 Å². The van der Waals surface area contributed by atoms with Gasteiger partial charge in [0.1, 0.15) is 0 Å². The van der Waals surface area contributed by atoms with Gasteiger partial charge < -0.3 is 0 Å². The van der Waals surface area contributed by atoms with Crippen LogP contribution in [0, 0.1) is 0 Å². The topological polar surface area (TPSA) is 0 Å². The summed E-state index contributed by atoms with van der Waals surface area (Å²) in [5.74, 6) is 0. The van der Waals surface area contributed by atoms with Crippen LogP contribution in [-0.4, -0.2) is 0 Å². The van der Waals surface area contributed by atoms with E-state index < -0.39 is 0 Å². The fourth-order valence-corrected chi connectivity index (χ4v) is 5.84. The van der Waals surface area contributed by atoms with Crippen LogP contribution in [0.15, 0.2) is 60.7 Å². The maximum atomic E-state index is 6.70. The summed E-state index contributed by atoms with van der Waals surface area (Å²) >= 11 is 15.2. The van der Waals surface area contributed by atoms with E-state index in [1.54, 1.807) is 0 Å². The number of thiophene rings is 1. The summed E-state index contributed by atoms with van der Waals surface area (Å²) in [5.41, 5.74) is 4.43. The van der Waals surface area contributed by atoms with E-state index >= 15 is 0 Å². The van der Waals surface area contributed by atoms with E-state index in [2.05, 4.69) is 48.5 Å². The SMILES string of the molecule is Clc1ccc(Cl)c2c1-c1cccc3ccc4sc5cccc-2c5c4c13. The van der Waals surface area contributed by atoms with E-state index in [9.17, 15) is 0 Å². The van der Waals surface area contributed by atoms with Crippen molar-refractivity contribution in [3.8, 4) is 22.3 Å². The van der Waals surface area contributed by atoms with Gasteiger partial charge in [-0.15, -0.1) is 11.3 Å². The lowest BCUT2D eigenvalue weighted by atomic mass is 9.93. The molecular formula is C22H10Cl2S. The minimum absolute atomic E-state index is 0.745. The molecule has 0 spiro atoms. The molecule has 0 fully saturated rings. The minimum Gasteiger partial charge on any atom is -0.135 e. The van der Waals surface area contributed by atoms with Gasteiger partial charge in [0.25, 0.3) is 0 Å². The van der Waals surface area contributed by atoms with E-state index in [0.717, 1.165) is 21.2 Å². The van der Waals surface area contributed by atoms with Crippen molar-refractivity contribution in [2.45, 2.75) is 0 Å². The Kier molecular flexibility index (Phi) is 2.70. The highest BCUT2D eigenvalue weighted by atomic mass is 35.5. The van der Waals surface area contributed by atoms with Crippen molar-refractivity contribution >= 4 is 65.5 Å². The number of benzene rings is 4. The number of rotatable bonds is 0. The third-order valence-corrected chi connectivity index (χ3v) is 6.90. The number of halogens is 2. The van der Waals surface area contributed by atoms with Crippen molar-refractivity contribution in [3.63, 3.8) is 0 Å². The maximum Gasteiger partial charge on any atom is 0.0491 e. The highest BCUT2D eigenvalue weighted by Crippen LogP contribution is 2.53. The second kappa shape index (κ2) is 4.76. The zero-order valence-electron chi connectivity index (χ0n) is 12.9. The first-order valence-corrected chi connectivity index (χ1v) is 9.67. The molecule has 0 amide bonds. The van der Waals surface area contributed by atoms with Crippen LogP contribution < -0.4 is 0 Å². The first kappa shape index (κ1) is 14.1. The third-order valence-electron chi connectivity index (χ3n) is 5.15. The minimum atomic E-state index is 0.745. The smallest absolute Gasteiger partial charge is 0.0491 e. The Morgan fingerprint density at radius 2 is 1.20 bits per heavy atom. The molecular weight excluding hydrogens is 367 g/mol. The molecule has 0 bridgehead atoms. The normalized spacial score (nSPS) is 12.4. The molecule has 4 aromatic carbocycles. The Morgan fingerprint density at radius 1 is 0.560 bits per heavy atom. The van der Waals surface area contributed by atoms with Gasteiger partial charge in [-0.2, -0.15) is 0 Å². The van der Waals surface area contributed by atoms with E-state index in [0.29, 0.717) is 0 Å². The maximum absolute atomic E-state index is 6.70. The van der Waals surface area contributed by atoms with Crippen molar-refractivity contribution < 1.29 is 0 Å². The molecule has 3 heteroatoms. The quantitative estimate of drug-likeness (QED) is 0.250. The Labute approximate surface area is 158 Å². The standard InChI is InChI=1S/C22H10Cl2S/c23-14-8-9-15(24)20-13-5-2-6-16-21(13)22-17(25-16)10-7-11-3-1-4-12(18(11)22)19(14)20/h1-10H. The lowest BCUT2D eigenvalue weighted by Crippen LogP contribution is -1.88. The Hall–Kier alpha value is -2.06. The summed E-state index contributed by atoms with van der Waals surface area (Å²) in [6.45, 7) is 0. The highest BCUT2D eigenvalue weighted by Gasteiger charge is 2.25. The molecule has 6 rings (SSSR count). The largest absolute Gasteiger partial charge is 0.135 e. The van der Waals surface area contributed by atoms with Crippen molar-refractivity contribution in [1.29, 1.82) is 0 Å². The van der Waals surface area contributed by atoms with Gasteiger partial charge in [-0.3, -0.25) is 0 Å². The molecule has 0 aliphatic heterocycles. The number of hydrogen-bond donors (Lipinski definition) is 0. The van der Waals surface area contributed by atoms with Crippen molar-refractivity contribution in [2.24, 2.45) is 0 Å². The predicted molar refractivity (Wildman–Crippen MR) is 111 cm³/mol. The molecule has 0 radical (unpaired) electrons. The van der Waals surface area contributed by atoms with E-state index in [-0.39, 0.29) is 0 Å². The molecule has 0 atom stereocenters. The van der Waals surface area contributed by atoms with Crippen LogP contribution in [0.4, 0.5) is 0 Å². The highest BCUT2D eigenvalue weighted by molar-refractivity contribution is 7.26. The van der Waals surface area contributed by atoms with Crippen LogP contribution >= 0.6 is 34.5 Å². The summed E-state index contributed by atoms with van der Waals surface area (Å²) in [5, 5.41) is 6.63. The summed E-state index contributed by atoms with van der Waals surface area (Å²) < 4.78 is 2.60. The van der Waals surface area contributed by atoms with Gasteiger partial charge >= 0.3 is 0 Å². The molecule has 1 aliphatic carbocycles. The van der Waals surface area contributed by atoms with Gasteiger partial charge in [0, 0.05) is 41.3 Å². The van der Waals surface area contributed by atoms with Crippen molar-refractivity contribution in [1.82, 2.24) is 0 Å². The molecule has 1 aromatic heterocycles. The lowest BCUT2D eigenvalue weighted by Gasteiger charge is -2.14.